The quantitative estimate of drug-likeness (QED) is 0.622. The summed E-state index contributed by atoms with van der Waals surface area (Å²) in [6.07, 6.45) is 0. The van der Waals surface area contributed by atoms with Gasteiger partial charge in [-0.2, -0.15) is 23.5 Å². The average molecular weight is 194 g/mol. The molecule has 0 amide bonds. The molecule has 0 saturated carbocycles. The van der Waals surface area contributed by atoms with Crippen molar-refractivity contribution < 1.29 is 0 Å². The van der Waals surface area contributed by atoms with E-state index in [0.29, 0.717) is 0 Å². The molecule has 0 aliphatic carbocycles. The van der Waals surface area contributed by atoms with E-state index in [0.717, 1.165) is 0 Å². The highest BCUT2D eigenvalue weighted by Crippen LogP contribution is 2.37. The molecule has 0 radical (unpaired) electrons. The Bertz CT molecular complexity index is 271. The van der Waals surface area contributed by atoms with Crippen molar-refractivity contribution in [3.63, 3.8) is 0 Å². The van der Waals surface area contributed by atoms with Crippen LogP contribution in [-0.4, -0.2) is 0 Å². The first kappa shape index (κ1) is 7.34. The van der Waals surface area contributed by atoms with E-state index in [1.165, 1.54) is 23.0 Å². The molecule has 62 valence electrons. The molecular weight excluding hydrogens is 184 g/mol. The van der Waals surface area contributed by atoms with Gasteiger partial charge in [0, 0.05) is 23.0 Å². The molecule has 1 aromatic carbocycles. The van der Waals surface area contributed by atoms with Gasteiger partial charge in [-0.3, -0.25) is 0 Å². The normalized spacial score (nSPS) is 19.3. The minimum absolute atomic E-state index is 1.24. The zero-order valence-electron chi connectivity index (χ0n) is 6.80. The van der Waals surface area contributed by atoms with Gasteiger partial charge >= 0.3 is 0 Å². The Labute approximate surface area is 81.1 Å². The Kier molecular flexibility index (Phi) is 1.66. The molecule has 0 unspecified atom stereocenters. The van der Waals surface area contributed by atoms with Crippen molar-refractivity contribution in [1.82, 2.24) is 0 Å². The maximum absolute atomic E-state index is 2.44. The fourth-order valence-corrected chi connectivity index (χ4v) is 4.03. The SMILES string of the molecule is c1c2c(cc3c1CSC3)CSC2. The summed E-state index contributed by atoms with van der Waals surface area (Å²) < 4.78 is 0. The summed E-state index contributed by atoms with van der Waals surface area (Å²) >= 11 is 4.10. The lowest BCUT2D eigenvalue weighted by Crippen LogP contribution is -1.88. The third kappa shape index (κ3) is 1.01. The Morgan fingerprint density at radius 1 is 0.667 bits per heavy atom. The maximum atomic E-state index is 2.44. The second-order valence-corrected chi connectivity index (χ2v) is 5.35. The van der Waals surface area contributed by atoms with Crippen molar-refractivity contribution >= 4 is 23.5 Å². The first-order valence-electron chi connectivity index (χ1n) is 4.22. The van der Waals surface area contributed by atoms with Crippen molar-refractivity contribution in [2.75, 3.05) is 0 Å². The number of rotatable bonds is 0. The largest absolute Gasteiger partial charge is 0.152 e. The molecule has 1 aromatic rings. The van der Waals surface area contributed by atoms with Crippen LogP contribution in [0.25, 0.3) is 0 Å². The Balaban J connectivity index is 2.18. The van der Waals surface area contributed by atoms with Crippen molar-refractivity contribution in [3.8, 4) is 0 Å². The highest BCUT2D eigenvalue weighted by Gasteiger charge is 2.17. The van der Waals surface area contributed by atoms with Crippen molar-refractivity contribution in [2.45, 2.75) is 23.0 Å². The molecule has 0 spiro atoms. The molecule has 3 rings (SSSR count). The molecule has 0 fully saturated rings. The first-order chi connectivity index (χ1) is 5.93. The fourth-order valence-electron chi connectivity index (χ4n) is 1.87. The lowest BCUT2D eigenvalue weighted by atomic mass is 10.0. The molecule has 0 atom stereocenters. The number of fused-ring (bicyclic) bond motifs is 2. The molecule has 2 heterocycles. The molecule has 12 heavy (non-hydrogen) atoms. The van der Waals surface area contributed by atoms with E-state index < -0.39 is 0 Å². The van der Waals surface area contributed by atoms with Gasteiger partial charge in [0.1, 0.15) is 0 Å². The lowest BCUT2D eigenvalue weighted by Gasteiger charge is -2.02. The van der Waals surface area contributed by atoms with Gasteiger partial charge in [-0.15, -0.1) is 0 Å². The Morgan fingerprint density at radius 2 is 1.00 bits per heavy atom. The van der Waals surface area contributed by atoms with Crippen molar-refractivity contribution in [3.05, 3.63) is 34.4 Å². The molecule has 2 aliphatic heterocycles. The van der Waals surface area contributed by atoms with Crippen molar-refractivity contribution in [1.29, 1.82) is 0 Å². The standard InChI is InChI=1S/C10H10S2/c1-7-3-11-5-9(7)2-10-6-12-4-8(1)10/h1-2H,3-6H2. The highest BCUT2D eigenvalue weighted by molar-refractivity contribution is 7.98. The van der Waals surface area contributed by atoms with Gasteiger partial charge in [0.15, 0.2) is 0 Å². The van der Waals surface area contributed by atoms with Crippen LogP contribution in [0.4, 0.5) is 0 Å². The fraction of sp³-hybridized carbons (Fsp3) is 0.400. The van der Waals surface area contributed by atoms with Gasteiger partial charge in [-0.05, 0) is 22.3 Å². The van der Waals surface area contributed by atoms with Crippen LogP contribution in [0, 0.1) is 0 Å². The van der Waals surface area contributed by atoms with Gasteiger partial charge < -0.3 is 0 Å². The van der Waals surface area contributed by atoms with Crippen LogP contribution in [0.3, 0.4) is 0 Å². The predicted molar refractivity (Wildman–Crippen MR) is 56.4 cm³/mol. The minimum atomic E-state index is 1.24. The van der Waals surface area contributed by atoms with Gasteiger partial charge in [0.2, 0.25) is 0 Å². The number of benzene rings is 1. The van der Waals surface area contributed by atoms with Gasteiger partial charge in [-0.25, -0.2) is 0 Å². The first-order valence-corrected chi connectivity index (χ1v) is 6.53. The molecule has 2 heteroatoms. The number of hydrogen-bond donors (Lipinski definition) is 0. The summed E-state index contributed by atoms with van der Waals surface area (Å²) in [5.41, 5.74) is 6.39. The second-order valence-electron chi connectivity index (χ2n) is 3.38. The molecule has 0 N–H and O–H groups in total. The van der Waals surface area contributed by atoms with Crippen LogP contribution in [-0.2, 0) is 23.0 Å². The molecule has 0 saturated heterocycles. The third-order valence-electron chi connectivity index (χ3n) is 2.55. The van der Waals surface area contributed by atoms with Gasteiger partial charge in [0.25, 0.3) is 0 Å². The number of thioether (sulfide) groups is 2. The summed E-state index contributed by atoms with van der Waals surface area (Å²) in [6, 6.07) is 4.87. The predicted octanol–water partition coefficient (Wildman–Crippen LogP) is 3.18. The Morgan fingerprint density at radius 3 is 1.33 bits per heavy atom. The van der Waals surface area contributed by atoms with E-state index in [-0.39, 0.29) is 0 Å². The maximum Gasteiger partial charge on any atom is 0.0191 e. The highest BCUT2D eigenvalue weighted by atomic mass is 32.2. The van der Waals surface area contributed by atoms with Crippen LogP contribution in [0.2, 0.25) is 0 Å². The summed E-state index contributed by atoms with van der Waals surface area (Å²) in [6.45, 7) is 0. The summed E-state index contributed by atoms with van der Waals surface area (Å²) in [7, 11) is 0. The van der Waals surface area contributed by atoms with E-state index in [4.69, 9.17) is 0 Å². The van der Waals surface area contributed by atoms with Crippen molar-refractivity contribution in [2.24, 2.45) is 0 Å². The summed E-state index contributed by atoms with van der Waals surface area (Å²) in [4.78, 5) is 0. The molecule has 2 aliphatic rings. The van der Waals surface area contributed by atoms with Crippen LogP contribution in [0.1, 0.15) is 22.3 Å². The number of hydrogen-bond acceptors (Lipinski definition) is 2. The van der Waals surface area contributed by atoms with Crippen LogP contribution in [0.15, 0.2) is 12.1 Å². The van der Waals surface area contributed by atoms with Crippen LogP contribution in [0.5, 0.6) is 0 Å². The Hall–Kier alpha value is -0.0800. The second kappa shape index (κ2) is 2.71. The van der Waals surface area contributed by atoms with Gasteiger partial charge in [0.05, 0.1) is 0 Å². The average Bonchev–Trinajstić information content (AvgIpc) is 2.64. The van der Waals surface area contributed by atoms with E-state index in [2.05, 4.69) is 12.1 Å². The molecule has 0 bridgehead atoms. The zero-order valence-corrected chi connectivity index (χ0v) is 8.43. The van der Waals surface area contributed by atoms with E-state index in [1.54, 1.807) is 22.3 Å². The molecule has 0 aromatic heterocycles. The third-order valence-corrected chi connectivity index (χ3v) is 4.61. The van der Waals surface area contributed by atoms with Crippen LogP contribution >= 0.6 is 23.5 Å². The smallest absolute Gasteiger partial charge is 0.0191 e. The van der Waals surface area contributed by atoms with E-state index >= 15 is 0 Å². The molecule has 0 nitrogen and oxygen atoms in total. The topological polar surface area (TPSA) is 0 Å². The van der Waals surface area contributed by atoms with E-state index in [9.17, 15) is 0 Å². The monoisotopic (exact) mass is 194 g/mol. The summed E-state index contributed by atoms with van der Waals surface area (Å²) in [5, 5.41) is 0. The minimum Gasteiger partial charge on any atom is -0.152 e. The van der Waals surface area contributed by atoms with Gasteiger partial charge in [-0.1, -0.05) is 12.1 Å². The van der Waals surface area contributed by atoms with Crippen LogP contribution < -0.4 is 0 Å². The summed E-state index contributed by atoms with van der Waals surface area (Å²) in [5.74, 6) is 4.97. The zero-order chi connectivity index (χ0) is 7.97. The molecular formula is C10H10S2. The van der Waals surface area contributed by atoms with E-state index in [1.807, 2.05) is 23.5 Å². The lowest BCUT2D eigenvalue weighted by molar-refractivity contribution is 1.25.